The quantitative estimate of drug-likeness (QED) is 0.685. The SMILES string of the molecule is O=C1NCCc2[nH]c(-c3ccnc(/C=C/c4ccc(C(=O)N5CCCC5)cc4)c3)cc21. The smallest absolute Gasteiger partial charge is 0.253 e. The average Bonchev–Trinajstić information content (AvgIpc) is 3.49. The Balaban J connectivity index is 1.31. The van der Waals surface area contributed by atoms with Crippen molar-refractivity contribution in [1.29, 1.82) is 0 Å². The highest BCUT2D eigenvalue weighted by Crippen LogP contribution is 2.24. The third-order valence-corrected chi connectivity index (χ3v) is 5.89. The molecule has 1 saturated heterocycles. The lowest BCUT2D eigenvalue weighted by Crippen LogP contribution is -2.31. The van der Waals surface area contributed by atoms with Gasteiger partial charge in [0.2, 0.25) is 0 Å². The molecule has 0 bridgehead atoms. The molecule has 2 amide bonds. The van der Waals surface area contributed by atoms with Crippen molar-refractivity contribution in [2.24, 2.45) is 0 Å². The Labute approximate surface area is 181 Å². The van der Waals surface area contributed by atoms with Crippen molar-refractivity contribution in [1.82, 2.24) is 20.2 Å². The summed E-state index contributed by atoms with van der Waals surface area (Å²) in [6.07, 6.45) is 8.72. The van der Waals surface area contributed by atoms with Crippen molar-refractivity contribution < 1.29 is 9.59 Å². The van der Waals surface area contributed by atoms with Crippen LogP contribution in [-0.4, -0.2) is 46.3 Å². The van der Waals surface area contributed by atoms with Crippen molar-refractivity contribution in [3.63, 3.8) is 0 Å². The molecule has 2 aliphatic heterocycles. The summed E-state index contributed by atoms with van der Waals surface area (Å²) in [5.41, 5.74) is 6.19. The lowest BCUT2D eigenvalue weighted by atomic mass is 10.1. The molecule has 4 heterocycles. The van der Waals surface area contributed by atoms with E-state index in [4.69, 9.17) is 0 Å². The Morgan fingerprint density at radius 3 is 2.61 bits per heavy atom. The normalized spacial score (nSPS) is 15.9. The number of fused-ring (bicyclic) bond motifs is 1. The maximum atomic E-state index is 12.5. The van der Waals surface area contributed by atoms with Crippen molar-refractivity contribution >= 4 is 24.0 Å². The summed E-state index contributed by atoms with van der Waals surface area (Å²) < 4.78 is 0. The largest absolute Gasteiger partial charge is 0.358 e. The van der Waals surface area contributed by atoms with E-state index in [0.29, 0.717) is 6.54 Å². The molecule has 2 aliphatic rings. The van der Waals surface area contributed by atoms with Gasteiger partial charge in [-0.2, -0.15) is 0 Å². The number of carbonyl (C=O) groups is 2. The minimum Gasteiger partial charge on any atom is -0.358 e. The molecule has 0 radical (unpaired) electrons. The van der Waals surface area contributed by atoms with E-state index in [9.17, 15) is 9.59 Å². The number of carbonyl (C=O) groups excluding carboxylic acids is 2. The van der Waals surface area contributed by atoms with Crippen molar-refractivity contribution in [2.45, 2.75) is 19.3 Å². The summed E-state index contributed by atoms with van der Waals surface area (Å²) in [5.74, 6) is 0.0920. The third-order valence-electron chi connectivity index (χ3n) is 5.89. The summed E-state index contributed by atoms with van der Waals surface area (Å²) >= 11 is 0. The van der Waals surface area contributed by atoms with Crippen molar-refractivity contribution in [3.05, 3.63) is 76.7 Å². The van der Waals surface area contributed by atoms with Gasteiger partial charge in [-0.05, 0) is 54.8 Å². The van der Waals surface area contributed by atoms with Crippen molar-refractivity contribution in [3.8, 4) is 11.3 Å². The second kappa shape index (κ2) is 8.22. The van der Waals surface area contributed by atoms with Gasteiger partial charge in [-0.1, -0.05) is 18.2 Å². The molecule has 1 fully saturated rings. The molecule has 0 saturated carbocycles. The number of hydrogen-bond donors (Lipinski definition) is 2. The highest BCUT2D eigenvalue weighted by molar-refractivity contribution is 5.98. The fourth-order valence-corrected chi connectivity index (χ4v) is 4.18. The summed E-state index contributed by atoms with van der Waals surface area (Å²) in [7, 11) is 0. The molecule has 5 rings (SSSR count). The van der Waals surface area contributed by atoms with E-state index in [2.05, 4.69) is 15.3 Å². The predicted molar refractivity (Wildman–Crippen MR) is 121 cm³/mol. The summed E-state index contributed by atoms with van der Waals surface area (Å²) in [5, 5.41) is 2.87. The van der Waals surface area contributed by atoms with Crippen LogP contribution in [0.3, 0.4) is 0 Å². The molecular weight excluding hydrogens is 388 g/mol. The molecule has 0 unspecified atom stereocenters. The maximum absolute atomic E-state index is 12.5. The number of amides is 2. The number of aromatic amines is 1. The minimum atomic E-state index is -0.0235. The lowest BCUT2D eigenvalue weighted by molar-refractivity contribution is 0.0792. The lowest BCUT2D eigenvalue weighted by Gasteiger charge is -2.15. The van der Waals surface area contributed by atoms with Gasteiger partial charge in [-0.25, -0.2) is 0 Å². The van der Waals surface area contributed by atoms with Gasteiger partial charge in [0.1, 0.15) is 0 Å². The van der Waals surface area contributed by atoms with Gasteiger partial charge in [0.25, 0.3) is 11.8 Å². The van der Waals surface area contributed by atoms with Crippen LogP contribution in [0, 0.1) is 0 Å². The van der Waals surface area contributed by atoms with Gasteiger partial charge in [-0.3, -0.25) is 14.6 Å². The first-order valence-corrected chi connectivity index (χ1v) is 10.7. The number of nitrogens with zero attached hydrogens (tertiary/aromatic N) is 2. The van der Waals surface area contributed by atoms with Crippen LogP contribution >= 0.6 is 0 Å². The third kappa shape index (κ3) is 4.01. The number of pyridine rings is 1. The van der Waals surface area contributed by atoms with E-state index in [1.54, 1.807) is 6.20 Å². The molecule has 0 aliphatic carbocycles. The first-order chi connectivity index (χ1) is 15.2. The highest BCUT2D eigenvalue weighted by Gasteiger charge is 2.20. The van der Waals surface area contributed by atoms with Crippen LogP contribution in [0.1, 0.15) is 50.5 Å². The maximum Gasteiger partial charge on any atom is 0.253 e. The standard InChI is InChI=1S/C25H24N4O2/c30-24-21-16-23(28-22(21)10-12-27-24)19-9-11-26-20(15-19)8-5-17-3-6-18(7-4-17)25(31)29-13-1-2-14-29/h3-9,11,15-16,28H,1-2,10,12-14H2,(H,27,30)/b8-5+. The number of likely N-dealkylation sites (tertiary alicyclic amines) is 1. The van der Waals surface area contributed by atoms with E-state index in [1.807, 2.05) is 59.5 Å². The van der Waals surface area contributed by atoms with Gasteiger partial charge >= 0.3 is 0 Å². The minimum absolute atomic E-state index is 0.0235. The Morgan fingerprint density at radius 1 is 1.03 bits per heavy atom. The average molecular weight is 412 g/mol. The molecule has 0 spiro atoms. The van der Waals surface area contributed by atoms with Gasteiger partial charge in [0, 0.05) is 54.8 Å². The highest BCUT2D eigenvalue weighted by atomic mass is 16.2. The molecular formula is C25H24N4O2. The zero-order chi connectivity index (χ0) is 21.2. The zero-order valence-electron chi connectivity index (χ0n) is 17.2. The fourth-order valence-electron chi connectivity index (χ4n) is 4.18. The van der Waals surface area contributed by atoms with Crippen LogP contribution < -0.4 is 5.32 Å². The van der Waals surface area contributed by atoms with Crippen LogP contribution in [0.4, 0.5) is 0 Å². The van der Waals surface area contributed by atoms with Gasteiger partial charge < -0.3 is 15.2 Å². The second-order valence-corrected chi connectivity index (χ2v) is 8.01. The molecule has 31 heavy (non-hydrogen) atoms. The van der Waals surface area contributed by atoms with E-state index in [1.165, 1.54) is 0 Å². The van der Waals surface area contributed by atoms with E-state index >= 15 is 0 Å². The number of hydrogen-bond acceptors (Lipinski definition) is 3. The monoisotopic (exact) mass is 412 g/mol. The number of nitrogens with one attached hydrogen (secondary N) is 2. The number of rotatable bonds is 4. The van der Waals surface area contributed by atoms with Gasteiger partial charge in [0.05, 0.1) is 11.3 Å². The second-order valence-electron chi connectivity index (χ2n) is 8.01. The summed E-state index contributed by atoms with van der Waals surface area (Å²) in [6.45, 7) is 2.38. The van der Waals surface area contributed by atoms with Crippen LogP contribution in [0.2, 0.25) is 0 Å². The van der Waals surface area contributed by atoms with Crippen molar-refractivity contribution in [2.75, 3.05) is 19.6 Å². The summed E-state index contributed by atoms with van der Waals surface area (Å²) in [4.78, 5) is 34.2. The number of H-pyrrole nitrogens is 1. The molecule has 2 N–H and O–H groups in total. The Hall–Kier alpha value is -3.67. The molecule has 1 aromatic carbocycles. The molecule has 2 aromatic heterocycles. The molecule has 156 valence electrons. The first-order valence-electron chi connectivity index (χ1n) is 10.7. The number of benzene rings is 1. The van der Waals surface area contributed by atoms with Crippen LogP contribution in [0.15, 0.2) is 48.7 Å². The van der Waals surface area contributed by atoms with E-state index in [-0.39, 0.29) is 11.8 Å². The first kappa shape index (κ1) is 19.3. The number of aromatic nitrogens is 2. The Morgan fingerprint density at radius 2 is 1.84 bits per heavy atom. The Kier molecular flexibility index (Phi) is 5.12. The molecule has 0 atom stereocenters. The summed E-state index contributed by atoms with van der Waals surface area (Å²) in [6, 6.07) is 13.5. The molecule has 6 heteroatoms. The van der Waals surface area contributed by atoms with Crippen LogP contribution in [0.25, 0.3) is 23.4 Å². The fraction of sp³-hybridized carbons (Fsp3) is 0.240. The van der Waals surface area contributed by atoms with E-state index < -0.39 is 0 Å². The topological polar surface area (TPSA) is 78.1 Å². The van der Waals surface area contributed by atoms with Crippen LogP contribution in [-0.2, 0) is 6.42 Å². The van der Waals surface area contributed by atoms with Crippen LogP contribution in [0.5, 0.6) is 0 Å². The molecule has 6 nitrogen and oxygen atoms in total. The van der Waals surface area contributed by atoms with Gasteiger partial charge in [-0.15, -0.1) is 0 Å². The zero-order valence-corrected chi connectivity index (χ0v) is 17.2. The van der Waals surface area contributed by atoms with Gasteiger partial charge in [0.15, 0.2) is 0 Å². The van der Waals surface area contributed by atoms with E-state index in [0.717, 1.165) is 71.7 Å². The predicted octanol–water partition coefficient (Wildman–Crippen LogP) is 3.77. The molecule has 3 aromatic rings. The Bertz CT molecular complexity index is 1150.